The number of piperidine rings is 1. The minimum absolute atomic E-state index is 0.270. The van der Waals surface area contributed by atoms with E-state index in [1.807, 2.05) is 0 Å². The van der Waals surface area contributed by atoms with Crippen LogP contribution in [0.4, 0.5) is 0 Å². The van der Waals surface area contributed by atoms with Gasteiger partial charge in [-0.3, -0.25) is 0 Å². The molecule has 0 amide bonds. The van der Waals surface area contributed by atoms with Gasteiger partial charge in [0.2, 0.25) is 0 Å². The molecule has 1 aromatic rings. The number of fused-ring (bicyclic) bond motifs is 1. The van der Waals surface area contributed by atoms with Crippen molar-refractivity contribution in [2.24, 2.45) is 5.73 Å². The van der Waals surface area contributed by atoms with E-state index in [-0.39, 0.29) is 6.04 Å². The van der Waals surface area contributed by atoms with Crippen LogP contribution < -0.4 is 5.73 Å². The van der Waals surface area contributed by atoms with Crippen LogP contribution in [-0.4, -0.2) is 44.8 Å². The molecule has 5 heteroatoms. The van der Waals surface area contributed by atoms with Crippen LogP contribution in [0.1, 0.15) is 50.7 Å². The summed E-state index contributed by atoms with van der Waals surface area (Å²) in [5.74, 6) is 2.84. The van der Waals surface area contributed by atoms with Crippen molar-refractivity contribution in [1.82, 2.24) is 19.7 Å². The van der Waals surface area contributed by atoms with Crippen LogP contribution in [0.3, 0.4) is 0 Å². The second kappa shape index (κ2) is 5.21. The molecule has 0 spiro atoms. The van der Waals surface area contributed by atoms with Crippen LogP contribution >= 0.6 is 0 Å². The third-order valence-corrected chi connectivity index (χ3v) is 4.56. The molecule has 2 N–H and O–H groups in total. The van der Waals surface area contributed by atoms with Crippen molar-refractivity contribution in [1.29, 1.82) is 0 Å². The maximum absolute atomic E-state index is 6.10. The summed E-state index contributed by atoms with van der Waals surface area (Å²) in [6.07, 6.45) is 4.52. The lowest BCUT2D eigenvalue weighted by molar-refractivity contribution is 0.162. The molecule has 2 aliphatic rings. The fourth-order valence-electron chi connectivity index (χ4n) is 3.36. The molecule has 3 rings (SSSR count). The molecule has 2 atom stereocenters. The van der Waals surface area contributed by atoms with E-state index < -0.39 is 0 Å². The van der Waals surface area contributed by atoms with Gasteiger partial charge in [0.1, 0.15) is 11.6 Å². The quantitative estimate of drug-likeness (QED) is 0.869. The van der Waals surface area contributed by atoms with E-state index in [2.05, 4.69) is 33.5 Å². The van der Waals surface area contributed by atoms with Crippen molar-refractivity contribution in [3.63, 3.8) is 0 Å². The van der Waals surface area contributed by atoms with Gasteiger partial charge in [-0.25, -0.2) is 0 Å². The van der Waals surface area contributed by atoms with Crippen molar-refractivity contribution in [3.05, 3.63) is 11.6 Å². The highest BCUT2D eigenvalue weighted by molar-refractivity contribution is 5.07. The lowest BCUT2D eigenvalue weighted by Gasteiger charge is -2.35. The zero-order chi connectivity index (χ0) is 13.4. The molecular weight excluding hydrogens is 238 g/mol. The van der Waals surface area contributed by atoms with Crippen molar-refractivity contribution >= 4 is 0 Å². The van der Waals surface area contributed by atoms with E-state index in [0.717, 1.165) is 31.8 Å². The number of nitrogens with zero attached hydrogens (tertiary/aromatic N) is 4. The van der Waals surface area contributed by atoms with E-state index >= 15 is 0 Å². The topological polar surface area (TPSA) is 60.0 Å². The molecule has 0 radical (unpaired) electrons. The first-order valence-electron chi connectivity index (χ1n) is 7.56. The number of aryl methyl sites for hydroxylation is 1. The minimum atomic E-state index is 0.270. The Hall–Kier alpha value is -0.940. The third-order valence-electron chi connectivity index (χ3n) is 4.56. The molecule has 3 heterocycles. The number of hydrogen-bond donors (Lipinski definition) is 1. The Bertz CT molecular complexity index is 439. The largest absolute Gasteiger partial charge is 0.326 e. The average molecular weight is 263 g/mol. The lowest BCUT2D eigenvalue weighted by Crippen LogP contribution is -2.40. The van der Waals surface area contributed by atoms with Crippen LogP contribution in [0, 0.1) is 0 Å². The first kappa shape index (κ1) is 13.1. The van der Waals surface area contributed by atoms with Crippen LogP contribution in [0.2, 0.25) is 0 Å². The molecule has 1 fully saturated rings. The van der Waals surface area contributed by atoms with Crippen molar-refractivity contribution in [2.75, 3.05) is 13.1 Å². The standard InChI is InChI=1S/C14H25N5/c1-10(2)18-7-3-4-11(8-18)14-17-16-13-6-5-12(15)9-19(13)14/h10-12H,3-9,15H2,1-2H3. The molecule has 0 aliphatic carbocycles. The molecule has 0 saturated carbocycles. The summed E-state index contributed by atoms with van der Waals surface area (Å²) in [6.45, 7) is 7.78. The van der Waals surface area contributed by atoms with Gasteiger partial charge in [-0.05, 0) is 39.7 Å². The number of likely N-dealkylation sites (tertiary alicyclic amines) is 1. The maximum atomic E-state index is 6.10. The van der Waals surface area contributed by atoms with E-state index in [4.69, 9.17) is 5.73 Å². The third kappa shape index (κ3) is 2.54. The Morgan fingerprint density at radius 2 is 2.05 bits per heavy atom. The molecule has 0 bridgehead atoms. The predicted octanol–water partition coefficient (Wildman–Crippen LogP) is 1.14. The van der Waals surface area contributed by atoms with Gasteiger partial charge in [0, 0.05) is 37.5 Å². The summed E-state index contributed by atoms with van der Waals surface area (Å²) in [4.78, 5) is 2.55. The summed E-state index contributed by atoms with van der Waals surface area (Å²) < 4.78 is 2.29. The molecule has 1 aromatic heterocycles. The van der Waals surface area contributed by atoms with E-state index in [1.165, 1.54) is 25.2 Å². The van der Waals surface area contributed by atoms with Gasteiger partial charge < -0.3 is 15.2 Å². The summed E-state index contributed by atoms with van der Waals surface area (Å²) in [6, 6.07) is 0.890. The molecule has 0 aromatic carbocycles. The van der Waals surface area contributed by atoms with Crippen LogP contribution in [0.15, 0.2) is 0 Å². The van der Waals surface area contributed by atoms with Crippen molar-refractivity contribution < 1.29 is 0 Å². The molecule has 5 nitrogen and oxygen atoms in total. The Labute approximate surface area is 115 Å². The Morgan fingerprint density at radius 1 is 1.21 bits per heavy atom. The second-order valence-corrected chi connectivity index (χ2v) is 6.31. The Morgan fingerprint density at radius 3 is 2.84 bits per heavy atom. The Balaban J connectivity index is 1.80. The highest BCUT2D eigenvalue weighted by Gasteiger charge is 2.29. The van der Waals surface area contributed by atoms with Crippen LogP contribution in [0.25, 0.3) is 0 Å². The summed E-state index contributed by atoms with van der Waals surface area (Å²) in [5, 5.41) is 8.86. The SMILES string of the molecule is CC(C)N1CCCC(c2nnc3n2CC(N)CC3)C1. The maximum Gasteiger partial charge on any atom is 0.137 e. The number of nitrogens with two attached hydrogens (primary N) is 1. The zero-order valence-electron chi connectivity index (χ0n) is 12.0. The number of hydrogen-bond acceptors (Lipinski definition) is 4. The average Bonchev–Trinajstić information content (AvgIpc) is 2.81. The van der Waals surface area contributed by atoms with Crippen molar-refractivity contribution in [3.8, 4) is 0 Å². The normalized spacial score (nSPS) is 28.6. The molecular formula is C14H25N5. The molecule has 19 heavy (non-hydrogen) atoms. The van der Waals surface area contributed by atoms with E-state index in [0.29, 0.717) is 12.0 Å². The monoisotopic (exact) mass is 263 g/mol. The number of aromatic nitrogens is 3. The second-order valence-electron chi connectivity index (χ2n) is 6.31. The molecule has 106 valence electrons. The van der Waals surface area contributed by atoms with Crippen molar-refractivity contribution in [2.45, 2.75) is 64.1 Å². The fraction of sp³-hybridized carbons (Fsp3) is 0.857. The molecule has 2 unspecified atom stereocenters. The van der Waals surface area contributed by atoms with E-state index in [1.54, 1.807) is 0 Å². The van der Waals surface area contributed by atoms with Gasteiger partial charge in [-0.15, -0.1) is 10.2 Å². The lowest BCUT2D eigenvalue weighted by atomic mass is 9.95. The Kier molecular flexibility index (Phi) is 3.58. The zero-order valence-corrected chi connectivity index (χ0v) is 12.0. The van der Waals surface area contributed by atoms with Gasteiger partial charge in [-0.2, -0.15) is 0 Å². The fourth-order valence-corrected chi connectivity index (χ4v) is 3.36. The van der Waals surface area contributed by atoms with Crippen LogP contribution in [0.5, 0.6) is 0 Å². The minimum Gasteiger partial charge on any atom is -0.326 e. The van der Waals surface area contributed by atoms with Gasteiger partial charge in [0.15, 0.2) is 0 Å². The van der Waals surface area contributed by atoms with Gasteiger partial charge >= 0.3 is 0 Å². The summed E-state index contributed by atoms with van der Waals surface area (Å²) >= 11 is 0. The smallest absolute Gasteiger partial charge is 0.137 e. The first-order valence-corrected chi connectivity index (χ1v) is 7.56. The van der Waals surface area contributed by atoms with Gasteiger partial charge in [-0.1, -0.05) is 0 Å². The highest BCUT2D eigenvalue weighted by Crippen LogP contribution is 2.28. The number of rotatable bonds is 2. The van der Waals surface area contributed by atoms with Crippen LogP contribution in [-0.2, 0) is 13.0 Å². The van der Waals surface area contributed by atoms with Gasteiger partial charge in [0.25, 0.3) is 0 Å². The van der Waals surface area contributed by atoms with Gasteiger partial charge in [0.05, 0.1) is 0 Å². The predicted molar refractivity (Wildman–Crippen MR) is 75.0 cm³/mol. The summed E-state index contributed by atoms with van der Waals surface area (Å²) in [5.41, 5.74) is 6.10. The first-order chi connectivity index (χ1) is 9.15. The van der Waals surface area contributed by atoms with E-state index in [9.17, 15) is 0 Å². The highest BCUT2D eigenvalue weighted by atomic mass is 15.3. The molecule has 2 aliphatic heterocycles. The summed E-state index contributed by atoms with van der Waals surface area (Å²) in [7, 11) is 0. The molecule has 1 saturated heterocycles.